The summed E-state index contributed by atoms with van der Waals surface area (Å²) in [6.45, 7) is 0. The number of nitrogens with one attached hydrogen (secondary N) is 2. The van der Waals surface area contributed by atoms with Crippen molar-refractivity contribution in [3.8, 4) is 5.75 Å². The lowest BCUT2D eigenvalue weighted by molar-refractivity contribution is 0.0697. The SMILES string of the molecule is COc1ccc2c(c1)[nH]c1c(Nc3cccc(C(=O)O)c3)nc(Cl)nc12. The molecule has 0 saturated carbocycles. The maximum atomic E-state index is 11.2. The Balaban J connectivity index is 1.86. The lowest BCUT2D eigenvalue weighted by Crippen LogP contribution is -2.00. The summed E-state index contributed by atoms with van der Waals surface area (Å²) in [6.07, 6.45) is 0. The Morgan fingerprint density at radius 3 is 2.85 bits per heavy atom. The van der Waals surface area contributed by atoms with Crippen LogP contribution < -0.4 is 10.1 Å². The molecule has 0 aliphatic rings. The first-order valence-corrected chi connectivity index (χ1v) is 8.06. The van der Waals surface area contributed by atoms with Gasteiger partial charge in [-0.05, 0) is 41.9 Å². The largest absolute Gasteiger partial charge is 0.497 e. The third-order valence-corrected chi connectivity index (χ3v) is 4.16. The number of hydrogen-bond acceptors (Lipinski definition) is 5. The van der Waals surface area contributed by atoms with Gasteiger partial charge in [0, 0.05) is 17.1 Å². The molecule has 2 aromatic carbocycles. The molecule has 0 amide bonds. The number of aromatic carboxylic acids is 1. The molecule has 130 valence electrons. The molecule has 4 aromatic rings. The Morgan fingerprint density at radius 1 is 1.23 bits per heavy atom. The van der Waals surface area contributed by atoms with E-state index in [4.69, 9.17) is 21.4 Å². The molecule has 2 heterocycles. The summed E-state index contributed by atoms with van der Waals surface area (Å²) < 4.78 is 5.25. The van der Waals surface area contributed by atoms with E-state index >= 15 is 0 Å². The molecule has 0 bridgehead atoms. The first-order valence-electron chi connectivity index (χ1n) is 7.68. The quantitative estimate of drug-likeness (QED) is 0.466. The van der Waals surface area contributed by atoms with Crippen LogP contribution in [0.1, 0.15) is 10.4 Å². The Labute approximate surface area is 152 Å². The summed E-state index contributed by atoms with van der Waals surface area (Å²) in [7, 11) is 1.60. The van der Waals surface area contributed by atoms with E-state index in [1.165, 1.54) is 12.1 Å². The van der Waals surface area contributed by atoms with Crippen LogP contribution in [-0.4, -0.2) is 33.1 Å². The number of benzene rings is 2. The molecular weight excluding hydrogens is 356 g/mol. The second kappa shape index (κ2) is 6.20. The molecule has 7 nitrogen and oxygen atoms in total. The van der Waals surface area contributed by atoms with Gasteiger partial charge in [0.2, 0.25) is 5.28 Å². The number of nitrogens with zero attached hydrogens (tertiary/aromatic N) is 2. The minimum Gasteiger partial charge on any atom is -0.497 e. The molecule has 0 aliphatic carbocycles. The van der Waals surface area contributed by atoms with Crippen molar-refractivity contribution in [2.24, 2.45) is 0 Å². The molecule has 0 unspecified atom stereocenters. The molecule has 8 heteroatoms. The number of anilines is 2. The minimum absolute atomic E-state index is 0.0890. The van der Waals surface area contributed by atoms with Gasteiger partial charge in [-0.1, -0.05) is 6.07 Å². The van der Waals surface area contributed by atoms with Crippen molar-refractivity contribution < 1.29 is 14.6 Å². The first-order chi connectivity index (χ1) is 12.5. The highest BCUT2D eigenvalue weighted by Crippen LogP contribution is 2.32. The van der Waals surface area contributed by atoms with Crippen molar-refractivity contribution in [3.63, 3.8) is 0 Å². The highest BCUT2D eigenvalue weighted by Gasteiger charge is 2.14. The Bertz CT molecular complexity index is 1160. The van der Waals surface area contributed by atoms with Crippen molar-refractivity contribution >= 4 is 51.0 Å². The van der Waals surface area contributed by atoms with Gasteiger partial charge in [0.05, 0.1) is 18.2 Å². The van der Waals surface area contributed by atoms with Crippen LogP contribution in [0.2, 0.25) is 5.28 Å². The van der Waals surface area contributed by atoms with Gasteiger partial charge in [-0.3, -0.25) is 0 Å². The lowest BCUT2D eigenvalue weighted by atomic mass is 10.2. The molecule has 3 N–H and O–H groups in total. The van der Waals surface area contributed by atoms with Crippen molar-refractivity contribution in [2.75, 3.05) is 12.4 Å². The van der Waals surface area contributed by atoms with E-state index in [1.807, 2.05) is 18.2 Å². The summed E-state index contributed by atoms with van der Waals surface area (Å²) in [6, 6.07) is 12.0. The van der Waals surface area contributed by atoms with Gasteiger partial charge in [-0.2, -0.15) is 4.98 Å². The van der Waals surface area contributed by atoms with E-state index in [-0.39, 0.29) is 10.8 Å². The molecular formula is C18H13ClN4O3. The fourth-order valence-corrected chi connectivity index (χ4v) is 2.97. The molecule has 0 spiro atoms. The highest BCUT2D eigenvalue weighted by atomic mass is 35.5. The first kappa shape index (κ1) is 16.2. The number of ether oxygens (including phenoxy) is 1. The van der Waals surface area contributed by atoms with Gasteiger partial charge in [0.25, 0.3) is 0 Å². The maximum Gasteiger partial charge on any atom is 0.335 e. The minimum atomic E-state index is -1.00. The lowest BCUT2D eigenvalue weighted by Gasteiger charge is -2.07. The maximum absolute atomic E-state index is 11.2. The fourth-order valence-electron chi connectivity index (χ4n) is 2.80. The molecule has 26 heavy (non-hydrogen) atoms. The topological polar surface area (TPSA) is 100 Å². The number of rotatable bonds is 4. The van der Waals surface area contributed by atoms with Crippen molar-refractivity contribution in [3.05, 3.63) is 53.3 Å². The summed E-state index contributed by atoms with van der Waals surface area (Å²) >= 11 is 6.09. The average molecular weight is 369 g/mol. The summed E-state index contributed by atoms with van der Waals surface area (Å²) in [5, 5.41) is 13.2. The number of halogens is 1. The predicted octanol–water partition coefficient (Wildman–Crippen LogP) is 4.21. The smallest absolute Gasteiger partial charge is 0.335 e. The average Bonchev–Trinajstić information content (AvgIpc) is 2.99. The monoisotopic (exact) mass is 368 g/mol. The Kier molecular flexibility index (Phi) is 3.85. The number of methoxy groups -OCH3 is 1. The second-order valence-electron chi connectivity index (χ2n) is 5.61. The summed E-state index contributed by atoms with van der Waals surface area (Å²) in [4.78, 5) is 23.0. The fraction of sp³-hybridized carbons (Fsp3) is 0.0556. The summed E-state index contributed by atoms with van der Waals surface area (Å²) in [5.41, 5.74) is 2.92. The highest BCUT2D eigenvalue weighted by molar-refractivity contribution is 6.29. The number of aromatic nitrogens is 3. The van der Waals surface area contributed by atoms with Crippen LogP contribution >= 0.6 is 11.6 Å². The molecule has 2 aromatic heterocycles. The van der Waals surface area contributed by atoms with E-state index in [0.29, 0.717) is 28.3 Å². The third kappa shape index (κ3) is 2.78. The summed E-state index contributed by atoms with van der Waals surface area (Å²) in [5.74, 6) is 0.168. The van der Waals surface area contributed by atoms with Gasteiger partial charge in [-0.25, -0.2) is 9.78 Å². The van der Waals surface area contributed by atoms with Crippen LogP contribution in [0.25, 0.3) is 21.9 Å². The van der Waals surface area contributed by atoms with Crippen LogP contribution in [0.5, 0.6) is 5.75 Å². The zero-order valence-electron chi connectivity index (χ0n) is 13.6. The number of carboxylic acid groups (broad SMARTS) is 1. The van der Waals surface area contributed by atoms with Crippen LogP contribution in [0, 0.1) is 0 Å². The molecule has 0 aliphatic heterocycles. The van der Waals surface area contributed by atoms with Crippen LogP contribution in [0.4, 0.5) is 11.5 Å². The van der Waals surface area contributed by atoms with Crippen LogP contribution in [0.15, 0.2) is 42.5 Å². The van der Waals surface area contributed by atoms with E-state index in [1.54, 1.807) is 19.2 Å². The zero-order valence-corrected chi connectivity index (χ0v) is 14.3. The number of H-pyrrole nitrogens is 1. The third-order valence-electron chi connectivity index (χ3n) is 4.00. The van der Waals surface area contributed by atoms with E-state index in [0.717, 1.165) is 10.9 Å². The predicted molar refractivity (Wildman–Crippen MR) is 99.6 cm³/mol. The number of hydrogen-bond donors (Lipinski definition) is 3. The molecule has 0 radical (unpaired) electrons. The number of aromatic amines is 1. The molecule has 0 fully saturated rings. The Morgan fingerprint density at radius 2 is 2.08 bits per heavy atom. The van der Waals surface area contributed by atoms with E-state index < -0.39 is 5.97 Å². The van der Waals surface area contributed by atoms with Gasteiger partial charge in [0.15, 0.2) is 5.82 Å². The van der Waals surface area contributed by atoms with Crippen molar-refractivity contribution in [1.29, 1.82) is 0 Å². The van der Waals surface area contributed by atoms with Gasteiger partial charge in [-0.15, -0.1) is 0 Å². The standard InChI is InChI=1S/C18H13ClN4O3/c1-26-11-5-6-12-13(8-11)21-15-14(12)22-18(19)23-16(15)20-10-4-2-3-9(7-10)17(24)25/h2-8,21H,1H3,(H,24,25)(H,20,22,23). The molecule has 0 saturated heterocycles. The number of fused-ring (bicyclic) bond motifs is 3. The van der Waals surface area contributed by atoms with Crippen LogP contribution in [0.3, 0.4) is 0 Å². The second-order valence-corrected chi connectivity index (χ2v) is 5.95. The zero-order chi connectivity index (χ0) is 18.3. The normalized spacial score (nSPS) is 11.0. The number of carboxylic acids is 1. The van der Waals surface area contributed by atoms with Crippen molar-refractivity contribution in [1.82, 2.24) is 15.0 Å². The van der Waals surface area contributed by atoms with E-state index in [2.05, 4.69) is 20.3 Å². The molecule has 0 atom stereocenters. The van der Waals surface area contributed by atoms with Gasteiger partial charge >= 0.3 is 5.97 Å². The number of carbonyl (C=O) groups is 1. The van der Waals surface area contributed by atoms with Gasteiger partial charge < -0.3 is 20.1 Å². The van der Waals surface area contributed by atoms with Crippen LogP contribution in [-0.2, 0) is 0 Å². The molecule has 4 rings (SSSR count). The van der Waals surface area contributed by atoms with Gasteiger partial charge in [0.1, 0.15) is 16.8 Å². The van der Waals surface area contributed by atoms with E-state index in [9.17, 15) is 4.79 Å². The Hall–Kier alpha value is -3.32. The van der Waals surface area contributed by atoms with Crippen molar-refractivity contribution in [2.45, 2.75) is 0 Å².